The Bertz CT molecular complexity index is 664. The molecule has 3 rings (SSSR count). The minimum Gasteiger partial charge on any atom is -0.481 e. The first kappa shape index (κ1) is 15.5. The van der Waals surface area contributed by atoms with Gasteiger partial charge in [-0.15, -0.1) is 0 Å². The molecular weight excluding hydrogens is 302 g/mol. The Morgan fingerprint density at radius 3 is 2.36 bits per heavy atom. The third kappa shape index (κ3) is 2.77. The molecule has 22 heavy (non-hydrogen) atoms. The summed E-state index contributed by atoms with van der Waals surface area (Å²) in [5.41, 5.74) is 1.19. The van der Waals surface area contributed by atoms with Crippen LogP contribution in [0.1, 0.15) is 44.1 Å². The van der Waals surface area contributed by atoms with Crippen LogP contribution in [0.15, 0.2) is 29.2 Å². The van der Waals surface area contributed by atoms with E-state index in [1.165, 1.54) is 22.7 Å². The van der Waals surface area contributed by atoms with Crippen LogP contribution >= 0.6 is 0 Å². The van der Waals surface area contributed by atoms with E-state index in [0.717, 1.165) is 0 Å². The Balaban J connectivity index is 1.86. The molecule has 1 aliphatic heterocycles. The number of carbonyl (C=O) groups is 1. The molecule has 5 nitrogen and oxygen atoms in total. The van der Waals surface area contributed by atoms with Crippen LogP contribution in [0.3, 0.4) is 0 Å². The van der Waals surface area contributed by atoms with Crippen LogP contribution in [0.25, 0.3) is 0 Å². The van der Waals surface area contributed by atoms with Crippen LogP contribution in [0.5, 0.6) is 0 Å². The number of hydrogen-bond acceptors (Lipinski definition) is 3. The summed E-state index contributed by atoms with van der Waals surface area (Å²) in [7, 11) is -3.63. The standard InChI is InChI=1S/C16H21NO4S/c1-11-15(16(18)19)3-2-10-17(11)22(20,21)14-8-6-13(7-9-14)12-4-5-12/h6-9,11-12,15H,2-5,10H2,1H3,(H,18,19)/t11-,15-/m1/s1. The molecule has 1 saturated heterocycles. The smallest absolute Gasteiger partial charge is 0.308 e. The first-order valence-electron chi connectivity index (χ1n) is 7.76. The molecule has 120 valence electrons. The Hall–Kier alpha value is -1.40. The van der Waals surface area contributed by atoms with Gasteiger partial charge in [0.2, 0.25) is 10.0 Å². The summed E-state index contributed by atoms with van der Waals surface area (Å²) >= 11 is 0. The number of rotatable bonds is 4. The summed E-state index contributed by atoms with van der Waals surface area (Å²) in [6, 6.07) is 6.56. The third-order valence-corrected chi connectivity index (χ3v) is 6.78. The van der Waals surface area contributed by atoms with Crippen molar-refractivity contribution in [3.8, 4) is 0 Å². The molecule has 1 N–H and O–H groups in total. The van der Waals surface area contributed by atoms with Crippen molar-refractivity contribution >= 4 is 16.0 Å². The number of piperidine rings is 1. The van der Waals surface area contributed by atoms with Crippen LogP contribution < -0.4 is 0 Å². The summed E-state index contributed by atoms with van der Waals surface area (Å²) in [5, 5.41) is 9.25. The lowest BCUT2D eigenvalue weighted by atomic mass is 9.92. The van der Waals surface area contributed by atoms with Gasteiger partial charge in [-0.25, -0.2) is 8.42 Å². The number of hydrogen-bond donors (Lipinski definition) is 1. The minimum absolute atomic E-state index is 0.259. The molecule has 2 fully saturated rings. The van der Waals surface area contributed by atoms with Crippen molar-refractivity contribution in [2.75, 3.05) is 6.54 Å². The molecular formula is C16H21NO4S. The highest BCUT2D eigenvalue weighted by Crippen LogP contribution is 2.40. The molecule has 0 spiro atoms. The fourth-order valence-corrected chi connectivity index (χ4v) is 4.95. The molecule has 1 aliphatic carbocycles. The van der Waals surface area contributed by atoms with Crippen molar-refractivity contribution in [2.24, 2.45) is 5.92 Å². The number of nitrogens with zero attached hydrogens (tertiary/aromatic N) is 1. The summed E-state index contributed by atoms with van der Waals surface area (Å²) in [4.78, 5) is 11.5. The Morgan fingerprint density at radius 1 is 1.18 bits per heavy atom. The molecule has 0 amide bonds. The summed E-state index contributed by atoms with van der Waals surface area (Å²) < 4.78 is 26.9. The molecule has 1 saturated carbocycles. The van der Waals surface area contributed by atoms with Crippen molar-refractivity contribution in [1.29, 1.82) is 0 Å². The van der Waals surface area contributed by atoms with Crippen LogP contribution in [0.2, 0.25) is 0 Å². The normalized spacial score (nSPS) is 26.8. The van der Waals surface area contributed by atoms with Gasteiger partial charge in [-0.05, 0) is 56.2 Å². The molecule has 2 aliphatic rings. The lowest BCUT2D eigenvalue weighted by Crippen LogP contribution is -2.48. The fraction of sp³-hybridized carbons (Fsp3) is 0.562. The molecule has 0 radical (unpaired) electrons. The van der Waals surface area contributed by atoms with Gasteiger partial charge in [0.05, 0.1) is 10.8 Å². The van der Waals surface area contributed by atoms with E-state index in [9.17, 15) is 18.3 Å². The largest absolute Gasteiger partial charge is 0.481 e. The SMILES string of the molecule is C[C@@H]1[C@H](C(=O)O)CCCN1S(=O)(=O)c1ccc(C2CC2)cc1. The average molecular weight is 323 g/mol. The predicted octanol–water partition coefficient (Wildman–Crippen LogP) is 2.44. The van der Waals surface area contributed by atoms with Gasteiger partial charge in [0.1, 0.15) is 0 Å². The highest BCUT2D eigenvalue weighted by molar-refractivity contribution is 7.89. The molecule has 0 unspecified atom stereocenters. The van der Waals surface area contributed by atoms with Crippen LogP contribution in [-0.4, -0.2) is 36.4 Å². The molecule has 1 heterocycles. The van der Waals surface area contributed by atoms with Gasteiger partial charge in [0, 0.05) is 12.6 Å². The second-order valence-corrected chi connectivity index (χ2v) is 8.18. The zero-order valence-corrected chi connectivity index (χ0v) is 13.4. The van der Waals surface area contributed by atoms with E-state index in [0.29, 0.717) is 25.3 Å². The number of benzene rings is 1. The molecule has 1 aromatic carbocycles. The maximum atomic E-state index is 12.8. The highest BCUT2D eigenvalue weighted by Gasteiger charge is 2.39. The van der Waals surface area contributed by atoms with Gasteiger partial charge >= 0.3 is 5.97 Å². The number of carboxylic acid groups (broad SMARTS) is 1. The lowest BCUT2D eigenvalue weighted by molar-refractivity contribution is -0.144. The maximum Gasteiger partial charge on any atom is 0.308 e. The number of aliphatic carboxylic acids is 1. The van der Waals surface area contributed by atoms with Gasteiger partial charge in [0.15, 0.2) is 0 Å². The zero-order valence-electron chi connectivity index (χ0n) is 12.6. The zero-order chi connectivity index (χ0) is 15.9. The van der Waals surface area contributed by atoms with Crippen molar-refractivity contribution in [1.82, 2.24) is 4.31 Å². The van der Waals surface area contributed by atoms with Crippen molar-refractivity contribution < 1.29 is 18.3 Å². The minimum atomic E-state index is -3.63. The average Bonchev–Trinajstić information content (AvgIpc) is 3.31. The molecule has 6 heteroatoms. The van der Waals surface area contributed by atoms with Gasteiger partial charge in [-0.1, -0.05) is 12.1 Å². The first-order valence-corrected chi connectivity index (χ1v) is 9.20. The summed E-state index contributed by atoms with van der Waals surface area (Å²) in [6.45, 7) is 2.08. The molecule has 2 atom stereocenters. The van der Waals surface area contributed by atoms with E-state index in [1.54, 1.807) is 19.1 Å². The number of carboxylic acids is 1. The second kappa shape index (κ2) is 5.66. The molecule has 0 aromatic heterocycles. The monoisotopic (exact) mass is 323 g/mol. The van der Waals surface area contributed by atoms with Crippen molar-refractivity contribution in [2.45, 2.75) is 49.5 Å². The quantitative estimate of drug-likeness (QED) is 0.923. The predicted molar refractivity (Wildman–Crippen MR) is 82.1 cm³/mol. The van der Waals surface area contributed by atoms with Crippen molar-refractivity contribution in [3.63, 3.8) is 0 Å². The Kier molecular flexibility index (Phi) is 3.99. The lowest BCUT2D eigenvalue weighted by Gasteiger charge is -2.36. The van der Waals surface area contributed by atoms with E-state index in [-0.39, 0.29) is 4.90 Å². The summed E-state index contributed by atoms with van der Waals surface area (Å²) in [5.74, 6) is -0.965. The van der Waals surface area contributed by atoms with Crippen LogP contribution in [0, 0.1) is 5.92 Å². The fourth-order valence-electron chi connectivity index (χ4n) is 3.25. The van der Waals surface area contributed by atoms with Gasteiger partial charge in [0.25, 0.3) is 0 Å². The maximum absolute atomic E-state index is 12.8. The van der Waals surface area contributed by atoms with E-state index < -0.39 is 28.0 Å². The second-order valence-electron chi connectivity index (χ2n) is 6.29. The van der Waals surface area contributed by atoms with Gasteiger partial charge in [-0.2, -0.15) is 4.31 Å². The highest BCUT2D eigenvalue weighted by atomic mass is 32.2. The van der Waals surface area contributed by atoms with Gasteiger partial charge in [-0.3, -0.25) is 4.79 Å². The van der Waals surface area contributed by atoms with E-state index in [1.807, 2.05) is 12.1 Å². The first-order chi connectivity index (χ1) is 10.4. The molecule has 0 bridgehead atoms. The third-order valence-electron chi connectivity index (χ3n) is 4.78. The topological polar surface area (TPSA) is 74.7 Å². The van der Waals surface area contributed by atoms with E-state index >= 15 is 0 Å². The van der Waals surface area contributed by atoms with Crippen LogP contribution in [-0.2, 0) is 14.8 Å². The number of sulfonamides is 1. The summed E-state index contributed by atoms with van der Waals surface area (Å²) in [6.07, 6.45) is 3.47. The van der Waals surface area contributed by atoms with Crippen molar-refractivity contribution in [3.05, 3.63) is 29.8 Å². The van der Waals surface area contributed by atoms with E-state index in [4.69, 9.17) is 0 Å². The van der Waals surface area contributed by atoms with Gasteiger partial charge < -0.3 is 5.11 Å². The van der Waals surface area contributed by atoms with E-state index in [2.05, 4.69) is 0 Å². The Morgan fingerprint density at radius 2 is 1.82 bits per heavy atom. The molecule has 1 aromatic rings. The van der Waals surface area contributed by atoms with Crippen LogP contribution in [0.4, 0.5) is 0 Å². The Labute approximate surface area is 131 Å².